The van der Waals surface area contributed by atoms with Gasteiger partial charge < -0.3 is 5.43 Å². The second-order valence-electron chi connectivity index (χ2n) is 14.1. The highest BCUT2D eigenvalue weighted by Gasteiger charge is 2.27. The molecule has 0 bridgehead atoms. The molecule has 0 radical (unpaired) electrons. The summed E-state index contributed by atoms with van der Waals surface area (Å²) in [4.78, 5) is 0.988. The molecule has 1 unspecified atom stereocenters. The molecule has 0 aromatic heterocycles. The van der Waals surface area contributed by atoms with E-state index >= 15 is 0 Å². The molecule has 53 heavy (non-hydrogen) atoms. The van der Waals surface area contributed by atoms with Crippen molar-refractivity contribution in [2.45, 2.75) is 17.5 Å². The maximum absolute atomic E-state index is 4.80. The minimum atomic E-state index is 0.0791. The van der Waals surface area contributed by atoms with Crippen LogP contribution in [0.25, 0.3) is 71.0 Å². The fourth-order valence-corrected chi connectivity index (χ4v) is 8.34. The van der Waals surface area contributed by atoms with Crippen LogP contribution >= 0.6 is 12.6 Å². The summed E-state index contributed by atoms with van der Waals surface area (Å²) in [6.07, 6.45) is 2.38. The molecular formula is C50H36N2S. The van der Waals surface area contributed by atoms with E-state index in [2.05, 4.69) is 192 Å². The van der Waals surface area contributed by atoms with E-state index in [1.165, 1.54) is 76.5 Å². The van der Waals surface area contributed by atoms with Crippen molar-refractivity contribution >= 4 is 61.4 Å². The van der Waals surface area contributed by atoms with Gasteiger partial charge in [-0.3, -0.25) is 0 Å². The van der Waals surface area contributed by atoms with Crippen molar-refractivity contribution in [3.05, 3.63) is 205 Å². The summed E-state index contributed by atoms with van der Waals surface area (Å²) in [6, 6.07) is 66.2. The highest BCUT2D eigenvalue weighted by atomic mass is 32.1. The molecule has 0 saturated heterocycles. The number of rotatable bonds is 6. The van der Waals surface area contributed by atoms with Gasteiger partial charge in [-0.05, 0) is 112 Å². The van der Waals surface area contributed by atoms with Gasteiger partial charge in [0.25, 0.3) is 0 Å². The standard InChI is InChI=1S/C50H36N2S/c53-49-15-6-5-13-45(49)46-14-7-12-37-22-23-41-28-40(26-27-44(41)50(37)46)36-18-16-33(17-19-36)32-52-48(43-25-21-35-9-2-4-11-39(35)30-43)31-47(51-52)42-24-20-34-8-1-3-10-38(34)29-42/h1-31,48,51,53H,32H2. The van der Waals surface area contributed by atoms with Crippen LogP contribution in [0.1, 0.15) is 22.7 Å². The predicted molar refractivity (Wildman–Crippen MR) is 227 cm³/mol. The van der Waals surface area contributed by atoms with E-state index in [-0.39, 0.29) is 6.04 Å². The molecule has 0 aliphatic carbocycles. The van der Waals surface area contributed by atoms with Gasteiger partial charge in [-0.1, -0.05) is 158 Å². The second-order valence-corrected chi connectivity index (χ2v) is 14.5. The van der Waals surface area contributed by atoms with Crippen LogP contribution in [0, 0.1) is 0 Å². The molecule has 3 heteroatoms. The topological polar surface area (TPSA) is 15.3 Å². The molecule has 0 fully saturated rings. The van der Waals surface area contributed by atoms with Crippen LogP contribution in [0.2, 0.25) is 0 Å². The largest absolute Gasteiger partial charge is 0.317 e. The number of hydrogen-bond acceptors (Lipinski definition) is 3. The van der Waals surface area contributed by atoms with Crippen molar-refractivity contribution in [3.8, 4) is 22.3 Å². The lowest BCUT2D eigenvalue weighted by molar-refractivity contribution is 0.196. The average molecular weight is 697 g/mol. The summed E-state index contributed by atoms with van der Waals surface area (Å²) >= 11 is 4.80. The van der Waals surface area contributed by atoms with Crippen molar-refractivity contribution in [1.29, 1.82) is 0 Å². The van der Waals surface area contributed by atoms with Crippen molar-refractivity contribution in [2.75, 3.05) is 0 Å². The quantitative estimate of drug-likeness (QED) is 0.133. The summed E-state index contributed by atoms with van der Waals surface area (Å²) in [5, 5.41) is 12.4. The summed E-state index contributed by atoms with van der Waals surface area (Å²) < 4.78 is 0. The number of benzene rings is 9. The average Bonchev–Trinajstić information content (AvgIpc) is 3.64. The SMILES string of the molecule is Sc1ccccc1-c1cccc2ccc3cc(-c4ccc(CN5NC(c6ccc7ccccc7c6)=CC5c5ccc6ccccc6c5)cc4)ccc3c12. The fourth-order valence-electron chi connectivity index (χ4n) is 8.06. The molecule has 9 aromatic carbocycles. The molecule has 9 aromatic rings. The third-order valence-electron chi connectivity index (χ3n) is 10.8. The van der Waals surface area contributed by atoms with E-state index < -0.39 is 0 Å². The first-order valence-corrected chi connectivity index (χ1v) is 18.7. The van der Waals surface area contributed by atoms with Gasteiger partial charge in [0, 0.05) is 11.4 Å². The van der Waals surface area contributed by atoms with Crippen LogP contribution in [0.4, 0.5) is 0 Å². The second kappa shape index (κ2) is 13.1. The predicted octanol–water partition coefficient (Wildman–Crippen LogP) is 13.0. The molecule has 1 N–H and O–H groups in total. The summed E-state index contributed by atoms with van der Waals surface area (Å²) in [6.45, 7) is 0.754. The van der Waals surface area contributed by atoms with Crippen LogP contribution in [0.3, 0.4) is 0 Å². The third-order valence-corrected chi connectivity index (χ3v) is 11.2. The Morgan fingerprint density at radius 1 is 0.472 bits per heavy atom. The van der Waals surface area contributed by atoms with Gasteiger partial charge in [-0.25, -0.2) is 5.01 Å². The molecule has 10 rings (SSSR count). The first-order valence-electron chi connectivity index (χ1n) is 18.2. The van der Waals surface area contributed by atoms with E-state index in [4.69, 9.17) is 12.6 Å². The van der Waals surface area contributed by atoms with Gasteiger partial charge in [-0.2, -0.15) is 0 Å². The zero-order valence-electron chi connectivity index (χ0n) is 29.1. The highest BCUT2D eigenvalue weighted by molar-refractivity contribution is 7.80. The Morgan fingerprint density at radius 3 is 1.89 bits per heavy atom. The Bertz CT molecular complexity index is 2870. The molecule has 0 amide bonds. The van der Waals surface area contributed by atoms with Gasteiger partial charge in [0.15, 0.2) is 0 Å². The van der Waals surface area contributed by atoms with Gasteiger partial charge in [0.2, 0.25) is 0 Å². The summed E-state index contributed by atoms with van der Waals surface area (Å²) in [5.41, 5.74) is 13.4. The lowest BCUT2D eigenvalue weighted by Crippen LogP contribution is -2.33. The molecule has 2 nitrogen and oxygen atoms in total. The number of fused-ring (bicyclic) bond motifs is 5. The first kappa shape index (κ1) is 31.6. The minimum Gasteiger partial charge on any atom is -0.317 e. The van der Waals surface area contributed by atoms with Gasteiger partial charge in [0.1, 0.15) is 0 Å². The van der Waals surface area contributed by atoms with Crippen molar-refractivity contribution in [2.24, 2.45) is 0 Å². The van der Waals surface area contributed by atoms with E-state index in [1.54, 1.807) is 0 Å². The fraction of sp³-hybridized carbons (Fsp3) is 0.0400. The molecule has 1 heterocycles. The highest BCUT2D eigenvalue weighted by Crippen LogP contribution is 2.39. The smallest absolute Gasteiger partial charge is 0.0748 e. The minimum absolute atomic E-state index is 0.0791. The molecule has 0 spiro atoms. The first-order chi connectivity index (χ1) is 26.1. The van der Waals surface area contributed by atoms with Gasteiger partial charge in [0.05, 0.1) is 11.7 Å². The van der Waals surface area contributed by atoms with Gasteiger partial charge >= 0.3 is 0 Å². The van der Waals surface area contributed by atoms with Crippen molar-refractivity contribution in [1.82, 2.24) is 10.4 Å². The monoisotopic (exact) mass is 696 g/mol. The van der Waals surface area contributed by atoms with Crippen LogP contribution in [0.5, 0.6) is 0 Å². The number of thiol groups is 1. The molecule has 0 saturated carbocycles. The summed E-state index contributed by atoms with van der Waals surface area (Å²) in [5.74, 6) is 0. The van der Waals surface area contributed by atoms with Crippen LogP contribution in [0.15, 0.2) is 193 Å². The van der Waals surface area contributed by atoms with Crippen molar-refractivity contribution < 1.29 is 0 Å². The Balaban J connectivity index is 0.963. The maximum Gasteiger partial charge on any atom is 0.0748 e. The molecular weight excluding hydrogens is 661 g/mol. The number of hydrazine groups is 1. The van der Waals surface area contributed by atoms with E-state index in [9.17, 15) is 0 Å². The Labute approximate surface area is 315 Å². The lowest BCUT2D eigenvalue weighted by atomic mass is 9.92. The van der Waals surface area contributed by atoms with E-state index in [0.717, 1.165) is 22.7 Å². The molecule has 1 aliphatic heterocycles. The number of nitrogens with zero attached hydrogens (tertiary/aromatic N) is 1. The number of nitrogens with one attached hydrogen (secondary N) is 1. The summed E-state index contributed by atoms with van der Waals surface area (Å²) in [7, 11) is 0. The molecule has 252 valence electrons. The molecule has 1 aliphatic rings. The lowest BCUT2D eigenvalue weighted by Gasteiger charge is -2.26. The van der Waals surface area contributed by atoms with E-state index in [1.807, 2.05) is 6.07 Å². The maximum atomic E-state index is 4.80. The third kappa shape index (κ3) is 5.85. The normalized spacial score (nSPS) is 14.6. The Morgan fingerprint density at radius 2 is 1.08 bits per heavy atom. The van der Waals surface area contributed by atoms with E-state index in [0.29, 0.717) is 0 Å². The zero-order chi connectivity index (χ0) is 35.3. The Kier molecular flexibility index (Phi) is 7.83. The van der Waals surface area contributed by atoms with Crippen LogP contribution < -0.4 is 5.43 Å². The number of hydrogen-bond donors (Lipinski definition) is 2. The molecule has 1 atom stereocenters. The Hall–Kier alpha value is -6.13. The zero-order valence-corrected chi connectivity index (χ0v) is 30.0. The van der Waals surface area contributed by atoms with Crippen LogP contribution in [-0.2, 0) is 6.54 Å². The van der Waals surface area contributed by atoms with Gasteiger partial charge in [-0.15, -0.1) is 12.6 Å². The van der Waals surface area contributed by atoms with Crippen LogP contribution in [-0.4, -0.2) is 5.01 Å². The van der Waals surface area contributed by atoms with Crippen molar-refractivity contribution in [3.63, 3.8) is 0 Å².